The highest BCUT2D eigenvalue weighted by molar-refractivity contribution is 9.10. The van der Waals surface area contributed by atoms with Crippen molar-refractivity contribution in [3.05, 3.63) is 16.4 Å². The molecule has 1 atom stereocenters. The summed E-state index contributed by atoms with van der Waals surface area (Å²) < 4.78 is 3.25. The van der Waals surface area contributed by atoms with E-state index in [0.29, 0.717) is 6.04 Å². The molecule has 1 aromatic rings. The Morgan fingerprint density at radius 2 is 2.19 bits per heavy atom. The molecule has 0 aromatic carbocycles. The summed E-state index contributed by atoms with van der Waals surface area (Å²) >= 11 is 3.53. The molecule has 1 saturated heterocycles. The van der Waals surface area contributed by atoms with Gasteiger partial charge < -0.3 is 4.90 Å². The Morgan fingerprint density at radius 3 is 2.69 bits per heavy atom. The van der Waals surface area contributed by atoms with Crippen LogP contribution in [0.25, 0.3) is 0 Å². The van der Waals surface area contributed by atoms with Crippen LogP contribution in [0.2, 0.25) is 0 Å². The lowest BCUT2D eigenvalue weighted by Gasteiger charge is -2.43. The molecule has 0 spiro atoms. The number of aryl methyl sites for hydroxylation is 1. The van der Waals surface area contributed by atoms with Gasteiger partial charge in [-0.05, 0) is 56.6 Å². The van der Waals surface area contributed by atoms with Gasteiger partial charge in [-0.15, -0.1) is 0 Å². The summed E-state index contributed by atoms with van der Waals surface area (Å²) in [5.41, 5.74) is 1.35. The summed E-state index contributed by atoms with van der Waals surface area (Å²) in [7, 11) is 2.21. The van der Waals surface area contributed by atoms with Gasteiger partial charge in [0.05, 0.1) is 16.2 Å². The Labute approximate surface area is 106 Å². The zero-order chi connectivity index (χ0) is 11.9. The van der Waals surface area contributed by atoms with Gasteiger partial charge >= 0.3 is 0 Å². The number of halogens is 1. The third-order valence-electron chi connectivity index (χ3n) is 3.80. The van der Waals surface area contributed by atoms with E-state index in [2.05, 4.69) is 57.7 Å². The van der Waals surface area contributed by atoms with Gasteiger partial charge in [-0.1, -0.05) is 0 Å². The molecule has 0 N–H and O–H groups in total. The van der Waals surface area contributed by atoms with Crippen LogP contribution >= 0.6 is 15.9 Å². The Bertz CT molecular complexity index is 364. The predicted molar refractivity (Wildman–Crippen MR) is 69.6 cm³/mol. The highest BCUT2D eigenvalue weighted by Gasteiger charge is 2.33. The molecule has 1 aliphatic rings. The standard InChI is InChI=1S/C12H20BrN3/c1-9-11(13)8-16(14-9)10-5-6-15(4)12(2,3)7-10/h8,10H,5-7H2,1-4H3. The van der Waals surface area contributed by atoms with Crippen LogP contribution < -0.4 is 0 Å². The van der Waals surface area contributed by atoms with Gasteiger partial charge in [0.25, 0.3) is 0 Å². The minimum Gasteiger partial charge on any atom is -0.301 e. The molecule has 0 bridgehead atoms. The topological polar surface area (TPSA) is 21.1 Å². The fourth-order valence-corrected chi connectivity index (χ4v) is 2.64. The van der Waals surface area contributed by atoms with Crippen LogP contribution in [0.3, 0.4) is 0 Å². The average molecular weight is 286 g/mol. The van der Waals surface area contributed by atoms with E-state index in [9.17, 15) is 0 Å². The van der Waals surface area contributed by atoms with Gasteiger partial charge in [-0.3, -0.25) is 4.68 Å². The lowest BCUT2D eigenvalue weighted by Crippen LogP contribution is -2.47. The van der Waals surface area contributed by atoms with E-state index in [-0.39, 0.29) is 5.54 Å². The van der Waals surface area contributed by atoms with E-state index in [1.54, 1.807) is 0 Å². The zero-order valence-corrected chi connectivity index (χ0v) is 12.1. The van der Waals surface area contributed by atoms with Gasteiger partial charge in [0.15, 0.2) is 0 Å². The Kier molecular flexibility index (Phi) is 3.14. The molecule has 0 aliphatic carbocycles. The van der Waals surface area contributed by atoms with E-state index in [4.69, 9.17) is 0 Å². The highest BCUT2D eigenvalue weighted by Crippen LogP contribution is 2.33. The Morgan fingerprint density at radius 1 is 1.50 bits per heavy atom. The molecule has 1 unspecified atom stereocenters. The normalized spacial score (nSPS) is 25.9. The van der Waals surface area contributed by atoms with Crippen LogP contribution in [0, 0.1) is 6.92 Å². The first-order chi connectivity index (χ1) is 7.40. The lowest BCUT2D eigenvalue weighted by atomic mass is 9.88. The lowest BCUT2D eigenvalue weighted by molar-refractivity contribution is 0.0717. The van der Waals surface area contributed by atoms with Crippen LogP contribution in [0.1, 0.15) is 38.4 Å². The molecule has 16 heavy (non-hydrogen) atoms. The van der Waals surface area contributed by atoms with Crippen molar-refractivity contribution < 1.29 is 0 Å². The molecule has 2 heterocycles. The van der Waals surface area contributed by atoms with Crippen molar-refractivity contribution in [3.63, 3.8) is 0 Å². The Hall–Kier alpha value is -0.350. The molecule has 4 heteroatoms. The summed E-state index contributed by atoms with van der Waals surface area (Å²) in [5, 5.41) is 4.58. The van der Waals surface area contributed by atoms with Gasteiger partial charge in [0.1, 0.15) is 0 Å². The fraction of sp³-hybridized carbons (Fsp3) is 0.750. The van der Waals surface area contributed by atoms with Crippen molar-refractivity contribution in [3.8, 4) is 0 Å². The minimum absolute atomic E-state index is 0.273. The summed E-state index contributed by atoms with van der Waals surface area (Å²) in [6, 6.07) is 0.538. The number of likely N-dealkylation sites (tertiary alicyclic amines) is 1. The van der Waals surface area contributed by atoms with E-state index in [0.717, 1.165) is 23.1 Å². The second-order valence-electron chi connectivity index (χ2n) is 5.42. The molecule has 1 fully saturated rings. The highest BCUT2D eigenvalue weighted by atomic mass is 79.9. The Balaban J connectivity index is 2.17. The van der Waals surface area contributed by atoms with Crippen LogP contribution in [-0.2, 0) is 0 Å². The SMILES string of the molecule is Cc1nn(C2CCN(C)C(C)(C)C2)cc1Br. The second-order valence-corrected chi connectivity index (χ2v) is 6.28. The van der Waals surface area contributed by atoms with Crippen molar-refractivity contribution in [1.82, 2.24) is 14.7 Å². The molecular weight excluding hydrogens is 266 g/mol. The van der Waals surface area contributed by atoms with Crippen LogP contribution in [0.5, 0.6) is 0 Å². The molecule has 1 aromatic heterocycles. The van der Waals surface area contributed by atoms with Crippen molar-refractivity contribution in [1.29, 1.82) is 0 Å². The molecule has 0 radical (unpaired) electrons. The monoisotopic (exact) mass is 285 g/mol. The van der Waals surface area contributed by atoms with Gasteiger partial charge in [-0.25, -0.2) is 0 Å². The van der Waals surface area contributed by atoms with Crippen molar-refractivity contribution in [2.24, 2.45) is 0 Å². The van der Waals surface area contributed by atoms with E-state index < -0.39 is 0 Å². The summed E-state index contributed by atoms with van der Waals surface area (Å²) in [4.78, 5) is 2.44. The summed E-state index contributed by atoms with van der Waals surface area (Å²) in [6.07, 6.45) is 4.46. The van der Waals surface area contributed by atoms with Crippen molar-refractivity contribution >= 4 is 15.9 Å². The van der Waals surface area contributed by atoms with Crippen molar-refractivity contribution in [2.75, 3.05) is 13.6 Å². The third-order valence-corrected chi connectivity index (χ3v) is 4.58. The van der Waals surface area contributed by atoms with E-state index in [1.165, 1.54) is 6.42 Å². The van der Waals surface area contributed by atoms with Crippen LogP contribution in [0.15, 0.2) is 10.7 Å². The molecule has 1 aliphatic heterocycles. The first kappa shape index (κ1) is 12.1. The van der Waals surface area contributed by atoms with Crippen LogP contribution in [-0.4, -0.2) is 33.8 Å². The summed E-state index contributed by atoms with van der Waals surface area (Å²) in [6.45, 7) is 7.81. The van der Waals surface area contributed by atoms with Crippen LogP contribution in [0.4, 0.5) is 0 Å². The maximum Gasteiger partial charge on any atom is 0.0735 e. The molecule has 0 amide bonds. The number of hydrogen-bond acceptors (Lipinski definition) is 2. The van der Waals surface area contributed by atoms with Gasteiger partial charge in [0.2, 0.25) is 0 Å². The smallest absolute Gasteiger partial charge is 0.0735 e. The first-order valence-electron chi connectivity index (χ1n) is 5.82. The molecule has 2 rings (SSSR count). The van der Waals surface area contributed by atoms with E-state index in [1.807, 2.05) is 6.92 Å². The molecule has 3 nitrogen and oxygen atoms in total. The minimum atomic E-state index is 0.273. The van der Waals surface area contributed by atoms with Gasteiger partial charge in [-0.2, -0.15) is 5.10 Å². The number of rotatable bonds is 1. The number of piperidine rings is 1. The molecular formula is C12H20BrN3. The predicted octanol–water partition coefficient (Wildman–Crippen LogP) is 3.00. The second kappa shape index (κ2) is 4.15. The molecule has 90 valence electrons. The van der Waals surface area contributed by atoms with Crippen molar-refractivity contribution in [2.45, 2.75) is 45.2 Å². The largest absolute Gasteiger partial charge is 0.301 e. The number of aromatic nitrogens is 2. The quantitative estimate of drug-likeness (QED) is 0.791. The maximum absolute atomic E-state index is 4.58. The third kappa shape index (κ3) is 2.18. The number of hydrogen-bond donors (Lipinski definition) is 0. The molecule has 0 saturated carbocycles. The van der Waals surface area contributed by atoms with Gasteiger partial charge in [0, 0.05) is 18.3 Å². The van der Waals surface area contributed by atoms with E-state index >= 15 is 0 Å². The summed E-state index contributed by atoms with van der Waals surface area (Å²) in [5.74, 6) is 0. The maximum atomic E-state index is 4.58. The number of nitrogens with zero attached hydrogens (tertiary/aromatic N) is 3. The fourth-order valence-electron chi connectivity index (χ4n) is 2.35. The average Bonchev–Trinajstić information content (AvgIpc) is 2.52. The zero-order valence-electron chi connectivity index (χ0n) is 10.5. The first-order valence-corrected chi connectivity index (χ1v) is 6.62.